The van der Waals surface area contributed by atoms with Crippen LogP contribution in [0.25, 0.3) is 33.6 Å². The van der Waals surface area contributed by atoms with Gasteiger partial charge in [-0.05, 0) is 70.8 Å². The third-order valence-electron chi connectivity index (χ3n) is 13.5. The molecule has 0 radical (unpaired) electrons. The quantitative estimate of drug-likeness (QED) is 0.127. The average molecular weight is 862 g/mol. The molecule has 4 aromatic rings. The van der Waals surface area contributed by atoms with Crippen LogP contribution in [0.5, 0.6) is 0 Å². The van der Waals surface area contributed by atoms with Gasteiger partial charge in [0.15, 0.2) is 0 Å². The highest BCUT2D eigenvalue weighted by Crippen LogP contribution is 2.56. The van der Waals surface area contributed by atoms with Gasteiger partial charge in [0.25, 0.3) is 0 Å². The minimum Gasteiger partial charge on any atom is -0.453 e. The summed E-state index contributed by atoms with van der Waals surface area (Å²) in [6, 6.07) is 10.4. The van der Waals surface area contributed by atoms with Crippen molar-refractivity contribution in [3.8, 4) is 33.6 Å². The van der Waals surface area contributed by atoms with Crippen LogP contribution in [-0.2, 0) is 23.9 Å². The molecule has 3 saturated heterocycles. The minimum absolute atomic E-state index is 0.0682. The molecule has 0 saturated carbocycles. The Morgan fingerprint density at radius 2 is 1.14 bits per heavy atom. The maximum absolute atomic E-state index is 13.9. The molecule has 2 bridgehead atoms. The second kappa shape index (κ2) is 17.2. The number of hydrogen-bond donors (Lipinski definition) is 4. The van der Waals surface area contributed by atoms with Gasteiger partial charge in [-0.3, -0.25) is 14.4 Å². The van der Waals surface area contributed by atoms with Crippen LogP contribution in [0.2, 0.25) is 0 Å². The van der Waals surface area contributed by atoms with Crippen molar-refractivity contribution in [1.29, 1.82) is 0 Å². The van der Waals surface area contributed by atoms with Gasteiger partial charge in [0.2, 0.25) is 17.7 Å². The van der Waals surface area contributed by atoms with E-state index in [1.165, 1.54) is 14.2 Å². The molecule has 5 amide bonds. The molecule has 2 aromatic heterocycles. The Morgan fingerprint density at radius 1 is 0.667 bits per heavy atom. The number of H-pyrrole nitrogens is 2. The number of ether oxygens (including phenoxy) is 2. The van der Waals surface area contributed by atoms with E-state index in [0.717, 1.165) is 57.6 Å². The topological polar surface area (TPSA) is 195 Å². The number of methoxy groups -OCH3 is 2. The molecular formula is C47H59N9O7. The van der Waals surface area contributed by atoms with E-state index in [9.17, 15) is 24.0 Å². The van der Waals surface area contributed by atoms with Crippen molar-refractivity contribution in [3.05, 3.63) is 71.6 Å². The van der Waals surface area contributed by atoms with Crippen LogP contribution < -0.4 is 10.6 Å². The van der Waals surface area contributed by atoms with Gasteiger partial charge in [0.05, 0.1) is 62.0 Å². The van der Waals surface area contributed by atoms with Gasteiger partial charge in [-0.1, -0.05) is 77.9 Å². The Bertz CT molecular complexity index is 2410. The number of nitrogens with one attached hydrogen (secondary N) is 4. The SMILES string of the molecule is COC(=O)N[C@H](C(=O)N1C[C@@H](C)C[C@@H]1c1ncc(-c2ccc(-c3ccc(-c4cnc([C@@H]5C[C@H](C)CN5C(=O)[C@H](NC(=O)OC)C(C)C)[nH]4)cc3)c3c2C2CC3N(C)C2=O)[nH]1)C(C)C. The summed E-state index contributed by atoms with van der Waals surface area (Å²) in [6.07, 6.45) is 4.48. The smallest absolute Gasteiger partial charge is 0.407 e. The highest BCUT2D eigenvalue weighted by molar-refractivity contribution is 5.95. The van der Waals surface area contributed by atoms with Gasteiger partial charge in [-0.15, -0.1) is 0 Å². The van der Waals surface area contributed by atoms with E-state index in [-0.39, 0.29) is 65.4 Å². The van der Waals surface area contributed by atoms with E-state index in [0.29, 0.717) is 31.2 Å². The fraction of sp³-hybridized carbons (Fsp3) is 0.511. The van der Waals surface area contributed by atoms with E-state index in [1.54, 1.807) is 12.4 Å². The zero-order valence-electron chi connectivity index (χ0n) is 37.5. The molecule has 3 fully saturated rings. The number of amides is 5. The number of likely N-dealkylation sites (tertiary alicyclic amines) is 3. The standard InChI is InChI=1S/C47H59N9O7/c1-23(2)39(52-46(60)62-8)44(58)55-21-25(5)16-35(55)41-48-19-32(50-41)28-12-10-27(11-13-28)29-14-15-30(37-31-18-34(38(29)37)54(7)43(31)57)33-20-49-42(51-33)36-17-26(6)22-56(36)45(59)40(24(3)4)53-47(61)63-9/h10-15,19-20,23-26,31,34-36,39-40H,16-18,21-22H2,1-9H3,(H,48,50)(H,49,51)(H,52,60)(H,53,61)/t25-,26-,31?,34?,35-,36+,39+,40-/m0/s1. The molecule has 16 heteroatoms. The molecule has 2 unspecified atom stereocenters. The summed E-state index contributed by atoms with van der Waals surface area (Å²) < 4.78 is 9.62. The first kappa shape index (κ1) is 43.5. The lowest BCUT2D eigenvalue weighted by Gasteiger charge is -2.30. The number of carbonyl (C=O) groups excluding carboxylic acids is 5. The maximum Gasteiger partial charge on any atom is 0.407 e. The van der Waals surface area contributed by atoms with Crippen LogP contribution in [0.4, 0.5) is 9.59 Å². The Labute approximate surface area is 367 Å². The molecule has 0 spiro atoms. The molecule has 63 heavy (non-hydrogen) atoms. The summed E-state index contributed by atoms with van der Waals surface area (Å²) in [6.45, 7) is 12.9. The minimum atomic E-state index is -0.744. The fourth-order valence-electron chi connectivity index (χ4n) is 10.3. The molecule has 2 aromatic carbocycles. The van der Waals surface area contributed by atoms with E-state index in [2.05, 4.69) is 70.8 Å². The maximum atomic E-state index is 13.9. The first-order chi connectivity index (χ1) is 30.1. The van der Waals surface area contributed by atoms with Gasteiger partial charge in [-0.2, -0.15) is 0 Å². The first-order valence-corrected chi connectivity index (χ1v) is 22.0. The molecule has 8 rings (SSSR count). The number of carbonyl (C=O) groups is 5. The Hall–Kier alpha value is -6.19. The molecule has 5 heterocycles. The zero-order chi connectivity index (χ0) is 45.0. The van der Waals surface area contributed by atoms with E-state index >= 15 is 0 Å². The summed E-state index contributed by atoms with van der Waals surface area (Å²) in [7, 11) is 4.45. The number of rotatable bonds is 11. The van der Waals surface area contributed by atoms with Crippen LogP contribution >= 0.6 is 0 Å². The summed E-state index contributed by atoms with van der Waals surface area (Å²) in [5.41, 5.74) is 7.71. The molecule has 8 atom stereocenters. The molecule has 1 aliphatic carbocycles. The Kier molecular flexibility index (Phi) is 11.8. The number of aromatic nitrogens is 4. The van der Waals surface area contributed by atoms with Gasteiger partial charge >= 0.3 is 12.2 Å². The second-order valence-corrected chi connectivity index (χ2v) is 18.6. The first-order valence-electron chi connectivity index (χ1n) is 22.0. The van der Waals surface area contributed by atoms with E-state index in [4.69, 9.17) is 19.4 Å². The van der Waals surface area contributed by atoms with E-state index in [1.807, 2.05) is 49.4 Å². The summed E-state index contributed by atoms with van der Waals surface area (Å²) in [5.74, 6) is 1.05. The predicted molar refractivity (Wildman–Crippen MR) is 235 cm³/mol. The molecule has 4 N–H and O–H groups in total. The van der Waals surface area contributed by atoms with Crippen LogP contribution in [0, 0.1) is 23.7 Å². The monoisotopic (exact) mass is 861 g/mol. The van der Waals surface area contributed by atoms with E-state index < -0.39 is 24.3 Å². The number of hydrogen-bond acceptors (Lipinski definition) is 9. The number of nitrogens with zero attached hydrogens (tertiary/aromatic N) is 5. The van der Waals surface area contributed by atoms with Crippen molar-refractivity contribution in [3.63, 3.8) is 0 Å². The van der Waals surface area contributed by atoms with Crippen LogP contribution in [0.3, 0.4) is 0 Å². The Balaban J connectivity index is 1.06. The number of imidazole rings is 2. The predicted octanol–water partition coefficient (Wildman–Crippen LogP) is 6.71. The number of likely N-dealkylation sites (N-methyl/N-ethyl adjacent to an activating group) is 1. The fourth-order valence-corrected chi connectivity index (χ4v) is 10.3. The normalized spacial score (nSPS) is 23.7. The Morgan fingerprint density at radius 3 is 1.65 bits per heavy atom. The molecule has 16 nitrogen and oxygen atoms in total. The molecule has 334 valence electrons. The lowest BCUT2D eigenvalue weighted by molar-refractivity contribution is -0.136. The van der Waals surface area contributed by atoms with Crippen LogP contribution in [0.1, 0.15) is 108 Å². The number of alkyl carbamates (subject to hydrolysis) is 2. The highest BCUT2D eigenvalue weighted by atomic mass is 16.5. The van der Waals surface area contributed by atoms with Crippen molar-refractivity contribution in [2.75, 3.05) is 34.4 Å². The largest absolute Gasteiger partial charge is 0.453 e. The number of aromatic amines is 2. The average Bonchev–Trinajstić information content (AvgIpc) is 4.14. The molecule has 4 aliphatic rings. The van der Waals surface area contributed by atoms with Crippen molar-refractivity contribution in [2.24, 2.45) is 23.7 Å². The third kappa shape index (κ3) is 7.92. The van der Waals surface area contributed by atoms with Gasteiger partial charge in [0.1, 0.15) is 23.7 Å². The van der Waals surface area contributed by atoms with Crippen LogP contribution in [0.15, 0.2) is 48.8 Å². The number of fused-ring (bicyclic) bond motifs is 5. The zero-order valence-corrected chi connectivity index (χ0v) is 37.5. The van der Waals surface area contributed by atoms with Gasteiger partial charge in [-0.25, -0.2) is 19.6 Å². The third-order valence-corrected chi connectivity index (χ3v) is 13.5. The molecule has 3 aliphatic heterocycles. The van der Waals surface area contributed by atoms with Crippen molar-refractivity contribution in [2.45, 2.75) is 96.9 Å². The highest BCUT2D eigenvalue weighted by Gasteiger charge is 2.50. The lowest BCUT2D eigenvalue weighted by Crippen LogP contribution is -2.51. The second-order valence-electron chi connectivity index (χ2n) is 18.6. The summed E-state index contributed by atoms with van der Waals surface area (Å²) in [4.78, 5) is 87.8. The summed E-state index contributed by atoms with van der Waals surface area (Å²) >= 11 is 0. The lowest BCUT2D eigenvalue weighted by atomic mass is 9.86. The van der Waals surface area contributed by atoms with Gasteiger partial charge < -0.3 is 44.8 Å². The van der Waals surface area contributed by atoms with Gasteiger partial charge in [0, 0.05) is 25.7 Å². The summed E-state index contributed by atoms with van der Waals surface area (Å²) in [5, 5.41) is 5.44. The van der Waals surface area contributed by atoms with Crippen molar-refractivity contribution >= 4 is 29.9 Å². The molecular weight excluding hydrogens is 803 g/mol. The van der Waals surface area contributed by atoms with Crippen molar-refractivity contribution in [1.82, 2.24) is 45.3 Å². The van der Waals surface area contributed by atoms with Crippen LogP contribution in [-0.4, -0.2) is 111 Å². The number of benzene rings is 2. The van der Waals surface area contributed by atoms with Crippen molar-refractivity contribution < 1.29 is 33.4 Å².